The molecule has 14 nitrogen and oxygen atoms in total. The SMILES string of the molecule is Cc1cc(Br)ccc1C#N.N#Cc1ccc(-c2ccc(C#N)c(Cn3cncn3)c2)cc1.N#Cc1ccc(B(O)O)cc1.N#Cc1ccc(Br)cc1CBr.N#Cc1ccc(Br)cc1Cn1cncn1. The molecule has 0 aliphatic rings. The Morgan fingerprint density at radius 2 is 0.899 bits per heavy atom. The Balaban J connectivity index is 0.000000195. The molecule has 8 rings (SSSR count). The summed E-state index contributed by atoms with van der Waals surface area (Å²) in [7, 11) is -1.46. The summed E-state index contributed by atoms with van der Waals surface area (Å²) >= 11 is 13.3. The second kappa shape index (κ2) is 28.6. The standard InChI is InChI=1S/C17H11N5.C10H7BrN4.C8H5Br2N.C8H6BrN.C7H6BNO2/c18-8-13-1-3-14(4-2-13)15-5-6-16(9-19)17(7-15)10-22-12-20-11-21-22;11-10-2-1-8(4-12)9(3-10)5-15-7-13-6-14-15;9-4-7-3-8(10)2-1-6(7)5-11;1-6-4-8(9)3-2-7(6)5-10;9-5-6-1-3-7(4-2-6)8(10)11/h1-7,11-12H,10H2;1-3,6-7H,5H2;1-3H,4H2;2-4H,1H3;1-4,10-11H. The van der Waals surface area contributed by atoms with E-state index in [1.54, 1.807) is 58.4 Å². The summed E-state index contributed by atoms with van der Waals surface area (Å²) in [5.74, 6) is 0. The summed E-state index contributed by atoms with van der Waals surface area (Å²) < 4.78 is 6.34. The van der Waals surface area contributed by atoms with Crippen LogP contribution in [-0.4, -0.2) is 46.7 Å². The number of rotatable bonds is 7. The van der Waals surface area contributed by atoms with Crippen LogP contribution in [0.1, 0.15) is 55.6 Å². The summed E-state index contributed by atoms with van der Waals surface area (Å²) in [5.41, 5.74) is 10.1. The van der Waals surface area contributed by atoms with Crippen LogP contribution in [0.15, 0.2) is 160 Å². The van der Waals surface area contributed by atoms with Crippen LogP contribution >= 0.6 is 63.7 Å². The highest BCUT2D eigenvalue weighted by atomic mass is 79.9. The van der Waals surface area contributed by atoms with E-state index in [1.165, 1.54) is 36.9 Å². The summed E-state index contributed by atoms with van der Waals surface area (Å²) in [6.45, 7) is 2.97. The maximum Gasteiger partial charge on any atom is 0.488 e. The Kier molecular flexibility index (Phi) is 22.4. The molecule has 0 fully saturated rings. The quantitative estimate of drug-likeness (QED) is 0.112. The molecule has 0 unspecified atom stereocenters. The molecule has 6 aromatic carbocycles. The van der Waals surface area contributed by atoms with Crippen LogP contribution in [0.2, 0.25) is 0 Å². The van der Waals surface area contributed by atoms with Crippen molar-refractivity contribution in [1.82, 2.24) is 29.5 Å². The number of benzene rings is 6. The van der Waals surface area contributed by atoms with Gasteiger partial charge in [0.2, 0.25) is 0 Å². The molecular formula is C50H35BBr4N12O2. The maximum absolute atomic E-state index is 9.25. The third-order valence-electron chi connectivity index (χ3n) is 9.34. The van der Waals surface area contributed by atoms with Crippen molar-refractivity contribution >= 4 is 76.3 Å². The van der Waals surface area contributed by atoms with Gasteiger partial charge in [-0.25, -0.2) is 19.3 Å². The monoisotopic (exact) mass is 1160 g/mol. The van der Waals surface area contributed by atoms with E-state index in [1.807, 2.05) is 73.7 Å². The lowest BCUT2D eigenvalue weighted by molar-refractivity contribution is 0.426. The molecule has 2 heterocycles. The van der Waals surface area contributed by atoms with Gasteiger partial charge in [-0.1, -0.05) is 94.1 Å². The molecule has 19 heteroatoms. The second-order valence-corrected chi connectivity index (χ2v) is 17.3. The molecule has 2 aromatic heterocycles. The van der Waals surface area contributed by atoms with Gasteiger partial charge in [-0.3, -0.25) is 0 Å². The Labute approximate surface area is 432 Å². The van der Waals surface area contributed by atoms with Crippen molar-refractivity contribution < 1.29 is 10.0 Å². The Morgan fingerprint density at radius 3 is 1.32 bits per heavy atom. The normalized spacial score (nSPS) is 9.46. The number of nitrogens with zero attached hydrogens (tertiary/aromatic N) is 12. The van der Waals surface area contributed by atoms with Gasteiger partial charge >= 0.3 is 7.12 Å². The van der Waals surface area contributed by atoms with Crippen molar-refractivity contribution in [2.24, 2.45) is 0 Å². The summed E-state index contributed by atoms with van der Waals surface area (Å²) in [6.07, 6.45) is 6.19. The highest BCUT2D eigenvalue weighted by Gasteiger charge is 2.10. The van der Waals surface area contributed by atoms with Gasteiger partial charge in [0.15, 0.2) is 0 Å². The number of hydrogen-bond acceptors (Lipinski definition) is 12. The lowest BCUT2D eigenvalue weighted by Crippen LogP contribution is -2.29. The summed E-state index contributed by atoms with van der Waals surface area (Å²) in [6, 6.07) is 48.5. The molecule has 8 aromatic rings. The maximum atomic E-state index is 9.25. The van der Waals surface area contributed by atoms with Gasteiger partial charge < -0.3 is 10.0 Å². The van der Waals surface area contributed by atoms with Crippen molar-refractivity contribution in [3.8, 4) is 47.5 Å². The number of aryl methyl sites for hydroxylation is 1. The van der Waals surface area contributed by atoms with Gasteiger partial charge in [-0.2, -0.15) is 41.8 Å². The molecule has 0 spiro atoms. The first-order chi connectivity index (χ1) is 33.3. The Morgan fingerprint density at radius 1 is 0.493 bits per heavy atom. The van der Waals surface area contributed by atoms with Crippen molar-refractivity contribution in [1.29, 1.82) is 31.6 Å². The van der Waals surface area contributed by atoms with Crippen LogP contribution in [0.25, 0.3) is 11.1 Å². The predicted molar refractivity (Wildman–Crippen MR) is 274 cm³/mol. The third kappa shape index (κ3) is 17.6. The molecule has 0 aliphatic carbocycles. The predicted octanol–water partition coefficient (Wildman–Crippen LogP) is 9.78. The fourth-order valence-corrected chi connectivity index (χ4v) is 7.55. The molecule has 0 amide bonds. The number of hydrogen-bond donors (Lipinski definition) is 2. The van der Waals surface area contributed by atoms with Gasteiger partial charge in [-0.15, -0.1) is 0 Å². The van der Waals surface area contributed by atoms with Crippen LogP contribution in [0.4, 0.5) is 0 Å². The van der Waals surface area contributed by atoms with Crippen molar-refractivity contribution in [3.05, 3.63) is 216 Å². The summed E-state index contributed by atoms with van der Waals surface area (Å²) in [5, 5.41) is 78.7. The number of alkyl halides is 1. The van der Waals surface area contributed by atoms with Crippen LogP contribution < -0.4 is 5.46 Å². The lowest BCUT2D eigenvalue weighted by atomic mass is 9.80. The first-order valence-corrected chi connectivity index (χ1v) is 23.5. The highest BCUT2D eigenvalue weighted by molar-refractivity contribution is 9.11. The number of halogens is 4. The topological polar surface area (TPSA) is 245 Å². The Hall–Kier alpha value is -7.56. The van der Waals surface area contributed by atoms with Crippen LogP contribution in [0.3, 0.4) is 0 Å². The molecular weight excluding hydrogens is 1130 g/mol. The number of nitriles is 6. The second-order valence-electron chi connectivity index (χ2n) is 14.0. The Bertz CT molecular complexity index is 3200. The zero-order valence-corrected chi connectivity index (χ0v) is 42.7. The molecule has 69 heavy (non-hydrogen) atoms. The molecule has 0 saturated heterocycles. The van der Waals surface area contributed by atoms with Gasteiger partial charge in [0.05, 0.1) is 82.9 Å². The highest BCUT2D eigenvalue weighted by Crippen LogP contribution is 2.24. The van der Waals surface area contributed by atoms with E-state index in [0.29, 0.717) is 40.8 Å². The van der Waals surface area contributed by atoms with E-state index < -0.39 is 7.12 Å². The van der Waals surface area contributed by atoms with Gasteiger partial charge in [0, 0.05) is 18.7 Å². The zero-order chi connectivity index (χ0) is 50.1. The minimum absolute atomic E-state index is 0.393. The molecule has 0 radical (unpaired) electrons. The van der Waals surface area contributed by atoms with Crippen LogP contribution in [0, 0.1) is 74.9 Å². The minimum atomic E-state index is -1.46. The number of aromatic nitrogens is 6. The summed E-state index contributed by atoms with van der Waals surface area (Å²) in [4.78, 5) is 7.77. The van der Waals surface area contributed by atoms with E-state index in [9.17, 15) is 5.26 Å². The van der Waals surface area contributed by atoms with Crippen LogP contribution in [-0.2, 0) is 18.4 Å². The zero-order valence-electron chi connectivity index (χ0n) is 36.3. The van der Waals surface area contributed by atoms with Gasteiger partial charge in [-0.05, 0) is 137 Å². The fraction of sp³-hybridized carbons (Fsp3) is 0.0800. The first kappa shape index (κ1) is 54.1. The molecule has 338 valence electrons. The minimum Gasteiger partial charge on any atom is -0.423 e. The average molecular weight is 1170 g/mol. The van der Waals surface area contributed by atoms with Crippen LogP contribution in [0.5, 0.6) is 0 Å². The van der Waals surface area contributed by atoms with E-state index in [2.05, 4.69) is 114 Å². The largest absolute Gasteiger partial charge is 0.488 e. The lowest BCUT2D eigenvalue weighted by Gasteiger charge is -2.08. The third-order valence-corrected chi connectivity index (χ3v) is 11.4. The van der Waals surface area contributed by atoms with Gasteiger partial charge in [0.25, 0.3) is 0 Å². The van der Waals surface area contributed by atoms with E-state index in [4.69, 9.17) is 36.4 Å². The van der Waals surface area contributed by atoms with E-state index in [-0.39, 0.29) is 0 Å². The first-order valence-electron chi connectivity index (χ1n) is 20.0. The van der Waals surface area contributed by atoms with Gasteiger partial charge in [0.1, 0.15) is 25.3 Å². The van der Waals surface area contributed by atoms with E-state index >= 15 is 0 Å². The van der Waals surface area contributed by atoms with Crippen molar-refractivity contribution in [2.45, 2.75) is 25.3 Å². The smallest absolute Gasteiger partial charge is 0.423 e. The van der Waals surface area contributed by atoms with E-state index in [0.717, 1.165) is 63.3 Å². The average Bonchev–Trinajstić information content (AvgIpc) is 4.10. The van der Waals surface area contributed by atoms with Crippen molar-refractivity contribution in [3.63, 3.8) is 0 Å². The molecule has 2 N–H and O–H groups in total. The molecule has 0 atom stereocenters. The van der Waals surface area contributed by atoms with Crippen molar-refractivity contribution in [2.75, 3.05) is 0 Å². The molecule has 0 bridgehead atoms. The molecule has 0 aliphatic heterocycles. The fourth-order valence-electron chi connectivity index (χ4n) is 5.79. The molecule has 0 saturated carbocycles.